The van der Waals surface area contributed by atoms with Crippen LogP contribution in [0.3, 0.4) is 0 Å². The second-order valence-electron chi connectivity index (χ2n) is 5.99. The lowest BCUT2D eigenvalue weighted by molar-refractivity contribution is 0.0361. The van der Waals surface area contributed by atoms with E-state index in [0.29, 0.717) is 37.5 Å². The summed E-state index contributed by atoms with van der Waals surface area (Å²) in [5.74, 6) is -0.0609. The van der Waals surface area contributed by atoms with Crippen LogP contribution in [-0.4, -0.2) is 68.2 Å². The molecule has 8 nitrogen and oxygen atoms in total. The average molecular weight is 315 g/mol. The molecule has 0 bridgehead atoms. The minimum Gasteiger partial charge on any atom is -0.447 e. The van der Waals surface area contributed by atoms with Gasteiger partial charge in [0.25, 0.3) is 5.91 Å². The zero-order chi connectivity index (χ0) is 16.0. The lowest BCUT2D eigenvalue weighted by atomic mass is 9.92. The van der Waals surface area contributed by atoms with E-state index in [4.69, 9.17) is 4.74 Å². The molecule has 0 spiro atoms. The number of ether oxygens (including phenoxy) is 1. The zero-order valence-corrected chi connectivity index (χ0v) is 12.8. The van der Waals surface area contributed by atoms with Gasteiger partial charge in [-0.1, -0.05) is 6.92 Å². The van der Waals surface area contributed by atoms with E-state index in [0.717, 1.165) is 6.42 Å². The zero-order valence-electron chi connectivity index (χ0n) is 12.8. The largest absolute Gasteiger partial charge is 0.447 e. The third-order valence-corrected chi connectivity index (χ3v) is 4.80. The standard InChI is InChI=1S/C15H17N5O3/c1-2-15-8-18(5-6-19(15)14(22)23-9-15)13(21)11-3-4-12-16-10-17-20(12)7-11/h3-4,7,10H,2,5-6,8-9H2,1H3. The number of piperazine rings is 1. The van der Waals surface area contributed by atoms with Gasteiger partial charge in [-0.25, -0.2) is 14.3 Å². The van der Waals surface area contributed by atoms with E-state index in [-0.39, 0.29) is 12.0 Å². The summed E-state index contributed by atoms with van der Waals surface area (Å²) in [6.45, 7) is 3.86. The molecule has 2 aromatic heterocycles. The van der Waals surface area contributed by atoms with Gasteiger partial charge >= 0.3 is 6.09 Å². The molecule has 2 aliphatic rings. The van der Waals surface area contributed by atoms with Crippen LogP contribution in [0.4, 0.5) is 4.79 Å². The van der Waals surface area contributed by atoms with Crippen molar-refractivity contribution in [2.75, 3.05) is 26.2 Å². The molecule has 0 aromatic carbocycles. The predicted molar refractivity (Wildman–Crippen MR) is 80.0 cm³/mol. The highest BCUT2D eigenvalue weighted by atomic mass is 16.6. The summed E-state index contributed by atoms with van der Waals surface area (Å²) in [5, 5.41) is 4.06. The maximum atomic E-state index is 12.8. The number of hydrogen-bond acceptors (Lipinski definition) is 5. The van der Waals surface area contributed by atoms with Crippen molar-refractivity contribution < 1.29 is 14.3 Å². The molecule has 0 aliphatic carbocycles. The molecule has 4 rings (SSSR count). The number of fused-ring (bicyclic) bond motifs is 2. The number of carbonyl (C=O) groups is 2. The van der Waals surface area contributed by atoms with E-state index in [1.807, 2.05) is 6.92 Å². The first-order valence-electron chi connectivity index (χ1n) is 7.66. The quantitative estimate of drug-likeness (QED) is 0.818. The van der Waals surface area contributed by atoms with Gasteiger partial charge in [0.15, 0.2) is 5.65 Å². The Hall–Kier alpha value is -2.64. The summed E-state index contributed by atoms with van der Waals surface area (Å²) in [7, 11) is 0. The maximum absolute atomic E-state index is 12.8. The number of carbonyl (C=O) groups excluding carboxylic acids is 2. The molecule has 1 unspecified atom stereocenters. The van der Waals surface area contributed by atoms with E-state index < -0.39 is 5.54 Å². The lowest BCUT2D eigenvalue weighted by Gasteiger charge is -2.44. The van der Waals surface area contributed by atoms with Crippen molar-refractivity contribution in [1.82, 2.24) is 24.4 Å². The fraction of sp³-hybridized carbons (Fsp3) is 0.467. The van der Waals surface area contributed by atoms with Gasteiger partial charge < -0.3 is 9.64 Å². The minimum absolute atomic E-state index is 0.0609. The Labute approximate surface area is 132 Å². The average Bonchev–Trinajstić information content (AvgIpc) is 3.18. The summed E-state index contributed by atoms with van der Waals surface area (Å²) in [6, 6.07) is 3.53. The highest BCUT2D eigenvalue weighted by molar-refractivity contribution is 5.94. The SMILES string of the molecule is CCC12COC(=O)N1CCN(C(=O)c1ccc3ncnn3c1)C2. The van der Waals surface area contributed by atoms with Crippen LogP contribution >= 0.6 is 0 Å². The normalized spacial score (nSPS) is 24.0. The molecule has 2 fully saturated rings. The Morgan fingerprint density at radius 3 is 3.09 bits per heavy atom. The van der Waals surface area contributed by atoms with Crippen molar-refractivity contribution in [1.29, 1.82) is 0 Å². The van der Waals surface area contributed by atoms with Crippen LogP contribution in [0, 0.1) is 0 Å². The number of aromatic nitrogens is 3. The fourth-order valence-electron chi connectivity index (χ4n) is 3.36. The molecule has 1 atom stereocenters. The minimum atomic E-state index is -0.400. The third kappa shape index (κ3) is 2.05. The Morgan fingerprint density at radius 2 is 2.26 bits per heavy atom. The van der Waals surface area contributed by atoms with Crippen LogP contribution < -0.4 is 0 Å². The molecule has 2 aromatic rings. The first kappa shape index (κ1) is 14.0. The van der Waals surface area contributed by atoms with Gasteiger partial charge in [-0.15, -0.1) is 0 Å². The second-order valence-corrected chi connectivity index (χ2v) is 5.99. The smallest absolute Gasteiger partial charge is 0.410 e. The van der Waals surface area contributed by atoms with Crippen molar-refractivity contribution >= 4 is 17.6 Å². The van der Waals surface area contributed by atoms with Crippen LogP contribution in [0.1, 0.15) is 23.7 Å². The number of nitrogens with zero attached hydrogens (tertiary/aromatic N) is 5. The topological polar surface area (TPSA) is 80.0 Å². The maximum Gasteiger partial charge on any atom is 0.410 e. The molecular formula is C15H17N5O3. The van der Waals surface area contributed by atoms with Crippen LogP contribution in [0.5, 0.6) is 0 Å². The van der Waals surface area contributed by atoms with Gasteiger partial charge in [0.05, 0.1) is 11.1 Å². The Kier molecular flexibility index (Phi) is 3.00. The van der Waals surface area contributed by atoms with Gasteiger partial charge in [0.2, 0.25) is 0 Å². The first-order chi connectivity index (χ1) is 11.1. The van der Waals surface area contributed by atoms with E-state index in [9.17, 15) is 9.59 Å². The van der Waals surface area contributed by atoms with Crippen molar-refractivity contribution in [2.24, 2.45) is 0 Å². The lowest BCUT2D eigenvalue weighted by Crippen LogP contribution is -2.62. The monoisotopic (exact) mass is 315 g/mol. The van der Waals surface area contributed by atoms with Crippen LogP contribution in [-0.2, 0) is 4.74 Å². The van der Waals surface area contributed by atoms with Gasteiger partial charge in [0.1, 0.15) is 12.9 Å². The molecule has 2 aliphatic heterocycles. The van der Waals surface area contributed by atoms with Gasteiger partial charge in [-0.2, -0.15) is 5.10 Å². The summed E-state index contributed by atoms with van der Waals surface area (Å²) in [4.78, 5) is 32.3. The number of hydrogen-bond donors (Lipinski definition) is 0. The molecule has 23 heavy (non-hydrogen) atoms. The summed E-state index contributed by atoms with van der Waals surface area (Å²) >= 11 is 0. The third-order valence-electron chi connectivity index (χ3n) is 4.80. The summed E-state index contributed by atoms with van der Waals surface area (Å²) < 4.78 is 6.79. The molecule has 2 saturated heterocycles. The molecule has 2 amide bonds. The van der Waals surface area contributed by atoms with Crippen LogP contribution in [0.15, 0.2) is 24.7 Å². The Bertz CT molecular complexity index is 788. The number of rotatable bonds is 2. The van der Waals surface area contributed by atoms with Crippen molar-refractivity contribution in [3.63, 3.8) is 0 Å². The van der Waals surface area contributed by atoms with E-state index in [1.54, 1.807) is 32.6 Å². The van der Waals surface area contributed by atoms with E-state index in [1.165, 1.54) is 6.33 Å². The van der Waals surface area contributed by atoms with Gasteiger partial charge in [-0.05, 0) is 18.6 Å². The number of cyclic esters (lactones) is 1. The predicted octanol–water partition coefficient (Wildman–Crippen LogP) is 0.786. The molecule has 0 saturated carbocycles. The number of pyridine rings is 1. The van der Waals surface area contributed by atoms with Gasteiger partial charge in [0, 0.05) is 25.8 Å². The second kappa shape index (κ2) is 4.94. The molecule has 0 N–H and O–H groups in total. The van der Waals surface area contributed by atoms with E-state index >= 15 is 0 Å². The number of amides is 2. The van der Waals surface area contributed by atoms with Crippen molar-refractivity contribution in [3.05, 3.63) is 30.2 Å². The van der Waals surface area contributed by atoms with E-state index in [2.05, 4.69) is 10.1 Å². The summed E-state index contributed by atoms with van der Waals surface area (Å²) in [6.07, 6.45) is 3.62. The fourth-order valence-corrected chi connectivity index (χ4v) is 3.36. The van der Waals surface area contributed by atoms with Gasteiger partial charge in [-0.3, -0.25) is 9.69 Å². The van der Waals surface area contributed by atoms with Crippen LogP contribution in [0.25, 0.3) is 5.65 Å². The van der Waals surface area contributed by atoms with Crippen molar-refractivity contribution in [2.45, 2.75) is 18.9 Å². The molecule has 120 valence electrons. The molecule has 0 radical (unpaired) electrons. The Balaban J connectivity index is 1.60. The highest BCUT2D eigenvalue weighted by Gasteiger charge is 2.50. The molecular weight excluding hydrogens is 298 g/mol. The first-order valence-corrected chi connectivity index (χ1v) is 7.66. The molecule has 8 heteroatoms. The Morgan fingerprint density at radius 1 is 1.39 bits per heavy atom. The molecule has 4 heterocycles. The van der Waals surface area contributed by atoms with Crippen molar-refractivity contribution in [3.8, 4) is 0 Å². The highest BCUT2D eigenvalue weighted by Crippen LogP contribution is 2.32. The summed E-state index contributed by atoms with van der Waals surface area (Å²) in [5.41, 5.74) is 0.863. The van der Waals surface area contributed by atoms with Crippen LogP contribution in [0.2, 0.25) is 0 Å².